The van der Waals surface area contributed by atoms with Crippen LogP contribution in [0.1, 0.15) is 5.56 Å². The molecule has 0 amide bonds. The predicted molar refractivity (Wildman–Crippen MR) is 94.2 cm³/mol. The minimum absolute atomic E-state index is 0.883. The van der Waals surface area contributed by atoms with Gasteiger partial charge in [0.1, 0.15) is 5.75 Å². The summed E-state index contributed by atoms with van der Waals surface area (Å²) in [5.41, 5.74) is 5.03. The van der Waals surface area contributed by atoms with Gasteiger partial charge in [0.25, 0.3) is 0 Å². The van der Waals surface area contributed by atoms with Crippen LogP contribution in [0.5, 0.6) is 5.75 Å². The fraction of sp³-hybridized carbons (Fsp3) is 0.111. The smallest absolute Gasteiger partial charge is 0.118 e. The van der Waals surface area contributed by atoms with Gasteiger partial charge in [-0.25, -0.2) is 0 Å². The molecule has 0 radical (unpaired) electrons. The van der Waals surface area contributed by atoms with E-state index < -0.39 is 0 Å². The van der Waals surface area contributed by atoms with Gasteiger partial charge in [0.2, 0.25) is 0 Å². The van der Waals surface area contributed by atoms with E-state index in [1.807, 2.05) is 12.1 Å². The molecule has 0 aliphatic heterocycles. The first-order valence-electron chi connectivity index (χ1n) is 6.69. The lowest BCUT2D eigenvalue weighted by molar-refractivity contribution is 0.415. The normalized spacial score (nSPS) is 10.6. The van der Waals surface area contributed by atoms with Crippen molar-refractivity contribution < 1.29 is 4.74 Å². The van der Waals surface area contributed by atoms with Gasteiger partial charge in [0.15, 0.2) is 0 Å². The van der Waals surface area contributed by atoms with Gasteiger partial charge in [0, 0.05) is 10.4 Å². The molecule has 0 fully saturated rings. The monoisotopic (exact) mass is 358 g/mol. The predicted octanol–water partition coefficient (Wildman–Crippen LogP) is 6.16. The average molecular weight is 359 g/mol. The molecule has 0 atom stereocenters. The molecule has 21 heavy (non-hydrogen) atoms. The van der Waals surface area contributed by atoms with Crippen LogP contribution in [0.3, 0.4) is 0 Å². The number of hydrogen-bond acceptors (Lipinski definition) is 2. The highest BCUT2D eigenvalue weighted by molar-refractivity contribution is 9.11. The second kappa shape index (κ2) is 6.04. The van der Waals surface area contributed by atoms with Gasteiger partial charge in [-0.1, -0.05) is 24.3 Å². The van der Waals surface area contributed by atoms with E-state index >= 15 is 0 Å². The average Bonchev–Trinajstić information content (AvgIpc) is 2.90. The van der Waals surface area contributed by atoms with Crippen molar-refractivity contribution in [1.29, 1.82) is 0 Å². The Morgan fingerprint density at radius 1 is 0.952 bits per heavy atom. The van der Waals surface area contributed by atoms with Crippen LogP contribution in [0.2, 0.25) is 0 Å². The zero-order chi connectivity index (χ0) is 14.8. The molecular formula is C18H15BrOS. The van der Waals surface area contributed by atoms with E-state index in [1.54, 1.807) is 18.4 Å². The molecule has 0 saturated heterocycles. The zero-order valence-corrected chi connectivity index (χ0v) is 14.3. The first-order chi connectivity index (χ1) is 10.2. The van der Waals surface area contributed by atoms with Gasteiger partial charge in [-0.15, -0.1) is 11.3 Å². The van der Waals surface area contributed by atoms with Gasteiger partial charge < -0.3 is 4.74 Å². The van der Waals surface area contributed by atoms with E-state index in [4.69, 9.17) is 4.74 Å². The van der Waals surface area contributed by atoms with Crippen molar-refractivity contribution in [3.63, 3.8) is 0 Å². The quantitative estimate of drug-likeness (QED) is 0.544. The van der Waals surface area contributed by atoms with E-state index in [0.29, 0.717) is 0 Å². The summed E-state index contributed by atoms with van der Waals surface area (Å²) in [7, 11) is 1.69. The molecule has 0 spiro atoms. The van der Waals surface area contributed by atoms with Crippen molar-refractivity contribution in [3.05, 3.63) is 63.9 Å². The molecule has 0 aliphatic carbocycles. The van der Waals surface area contributed by atoms with Crippen molar-refractivity contribution in [2.75, 3.05) is 7.11 Å². The molecule has 3 rings (SSSR count). The van der Waals surface area contributed by atoms with Crippen molar-refractivity contribution in [1.82, 2.24) is 0 Å². The van der Waals surface area contributed by atoms with Crippen LogP contribution in [0.25, 0.3) is 21.6 Å². The molecule has 3 aromatic rings. The highest BCUT2D eigenvalue weighted by Crippen LogP contribution is 2.41. The van der Waals surface area contributed by atoms with E-state index in [1.165, 1.54) is 30.9 Å². The van der Waals surface area contributed by atoms with Crippen molar-refractivity contribution in [3.8, 4) is 27.3 Å². The van der Waals surface area contributed by atoms with Crippen molar-refractivity contribution in [2.24, 2.45) is 0 Å². The summed E-state index contributed by atoms with van der Waals surface area (Å²) in [5.74, 6) is 0.883. The fourth-order valence-corrected chi connectivity index (χ4v) is 4.08. The van der Waals surface area contributed by atoms with Gasteiger partial charge in [-0.05, 0) is 69.9 Å². The first-order valence-corrected chi connectivity index (χ1v) is 8.30. The van der Waals surface area contributed by atoms with Crippen molar-refractivity contribution >= 4 is 27.3 Å². The first kappa shape index (κ1) is 14.4. The van der Waals surface area contributed by atoms with Crippen LogP contribution in [-0.4, -0.2) is 7.11 Å². The number of rotatable bonds is 3. The number of methoxy groups -OCH3 is 1. The number of ether oxygens (including phenoxy) is 1. The molecule has 0 unspecified atom stereocenters. The van der Waals surface area contributed by atoms with Gasteiger partial charge >= 0.3 is 0 Å². The molecule has 0 saturated carbocycles. The lowest BCUT2D eigenvalue weighted by Gasteiger charge is -2.03. The Balaban J connectivity index is 2.03. The van der Waals surface area contributed by atoms with E-state index in [-0.39, 0.29) is 0 Å². The molecule has 1 aromatic heterocycles. The summed E-state index contributed by atoms with van der Waals surface area (Å²) in [6, 6.07) is 18.9. The summed E-state index contributed by atoms with van der Waals surface area (Å²) < 4.78 is 6.38. The Morgan fingerprint density at radius 2 is 1.67 bits per heavy atom. The van der Waals surface area contributed by atoms with E-state index in [0.717, 1.165) is 5.75 Å². The van der Waals surface area contributed by atoms with Gasteiger partial charge in [-0.3, -0.25) is 0 Å². The fourth-order valence-electron chi connectivity index (χ4n) is 2.33. The summed E-state index contributed by atoms with van der Waals surface area (Å²) in [6.07, 6.45) is 0. The van der Waals surface area contributed by atoms with E-state index in [2.05, 4.69) is 65.3 Å². The minimum Gasteiger partial charge on any atom is -0.497 e. The lowest BCUT2D eigenvalue weighted by Crippen LogP contribution is -1.81. The Kier molecular flexibility index (Phi) is 4.13. The number of aryl methyl sites for hydroxylation is 1. The highest BCUT2D eigenvalue weighted by Gasteiger charge is 2.12. The summed E-state index contributed by atoms with van der Waals surface area (Å²) in [4.78, 5) is 1.25. The van der Waals surface area contributed by atoms with Crippen LogP contribution >= 0.6 is 27.3 Å². The Labute approximate surface area is 137 Å². The minimum atomic E-state index is 0.883. The third-order valence-corrected chi connectivity index (χ3v) is 5.38. The van der Waals surface area contributed by atoms with Crippen LogP contribution in [-0.2, 0) is 0 Å². The van der Waals surface area contributed by atoms with Crippen LogP contribution in [0.15, 0.2) is 58.4 Å². The van der Waals surface area contributed by atoms with Gasteiger partial charge in [0.05, 0.1) is 10.9 Å². The molecule has 2 aromatic carbocycles. The number of benzene rings is 2. The summed E-state index contributed by atoms with van der Waals surface area (Å²) in [5, 5.41) is 0. The van der Waals surface area contributed by atoms with Crippen LogP contribution in [0.4, 0.5) is 0 Å². The molecule has 0 N–H and O–H groups in total. The molecule has 3 heteroatoms. The molecule has 106 valence electrons. The molecule has 0 aliphatic rings. The maximum absolute atomic E-state index is 5.21. The van der Waals surface area contributed by atoms with Gasteiger partial charge in [-0.2, -0.15) is 0 Å². The third-order valence-electron chi connectivity index (χ3n) is 3.50. The Morgan fingerprint density at radius 3 is 2.33 bits per heavy atom. The molecule has 0 bridgehead atoms. The number of thiophene rings is 1. The number of halogens is 1. The second-order valence-electron chi connectivity index (χ2n) is 4.84. The molecule has 1 nitrogen and oxygen atoms in total. The maximum atomic E-state index is 5.21. The summed E-state index contributed by atoms with van der Waals surface area (Å²) >= 11 is 5.47. The number of hydrogen-bond donors (Lipinski definition) is 0. The summed E-state index contributed by atoms with van der Waals surface area (Å²) in [6.45, 7) is 2.15. The standard InChI is InChI=1S/C18H15BrOS/c1-12-5-3-4-6-15(12)16-11-17(21-18(16)19)13-7-9-14(20-2)10-8-13/h3-11H,1-2H3. The van der Waals surface area contributed by atoms with Crippen molar-refractivity contribution in [2.45, 2.75) is 6.92 Å². The Hall–Kier alpha value is -1.58. The Bertz CT molecular complexity index is 759. The van der Waals surface area contributed by atoms with E-state index in [9.17, 15) is 0 Å². The third kappa shape index (κ3) is 2.89. The van der Waals surface area contributed by atoms with Crippen LogP contribution in [0, 0.1) is 6.92 Å². The van der Waals surface area contributed by atoms with Crippen LogP contribution < -0.4 is 4.74 Å². The highest BCUT2D eigenvalue weighted by atomic mass is 79.9. The second-order valence-corrected chi connectivity index (χ2v) is 7.21. The SMILES string of the molecule is COc1ccc(-c2cc(-c3ccccc3C)c(Br)s2)cc1. The molecular weight excluding hydrogens is 344 g/mol. The largest absolute Gasteiger partial charge is 0.497 e. The molecule has 1 heterocycles. The lowest BCUT2D eigenvalue weighted by atomic mass is 10.0. The zero-order valence-electron chi connectivity index (χ0n) is 11.9. The maximum Gasteiger partial charge on any atom is 0.118 e. The topological polar surface area (TPSA) is 9.23 Å².